The Morgan fingerprint density at radius 2 is 2.08 bits per heavy atom. The molecule has 2 aliphatic rings. The molecule has 72 valence electrons. The summed E-state index contributed by atoms with van der Waals surface area (Å²) in [6.07, 6.45) is 3.07. The van der Waals surface area contributed by atoms with Gasteiger partial charge in [0.15, 0.2) is 0 Å². The minimum atomic E-state index is -0.338. The Kier molecular flexibility index (Phi) is 2.44. The van der Waals surface area contributed by atoms with Crippen LogP contribution in [0, 0.1) is 5.92 Å². The lowest BCUT2D eigenvalue weighted by Gasteiger charge is -2.38. The number of rotatable bonds is 0. The van der Waals surface area contributed by atoms with Crippen molar-refractivity contribution in [2.24, 2.45) is 5.92 Å². The van der Waals surface area contributed by atoms with Gasteiger partial charge in [-0.2, -0.15) is 0 Å². The van der Waals surface area contributed by atoms with E-state index in [2.05, 4.69) is 33.2 Å². The number of halogens is 1. The molecule has 3 amide bonds. The monoisotopic (exact) mass is 294 g/mol. The van der Waals surface area contributed by atoms with Crippen molar-refractivity contribution < 1.29 is 9.59 Å². The lowest BCUT2D eigenvalue weighted by Crippen LogP contribution is -2.62. The van der Waals surface area contributed by atoms with E-state index in [1.807, 2.05) is 0 Å². The summed E-state index contributed by atoms with van der Waals surface area (Å²) in [6.45, 7) is 0. The fourth-order valence-corrected chi connectivity index (χ4v) is 3.14. The lowest BCUT2D eigenvalue weighted by atomic mass is 9.83. The van der Waals surface area contributed by atoms with Crippen molar-refractivity contribution in [3.63, 3.8) is 0 Å². The first-order valence-corrected chi connectivity index (χ1v) is 5.68. The maximum Gasteiger partial charge on any atom is 0.321 e. The number of carbonyl (C=O) groups excluding carboxylic acids is 2. The Balaban J connectivity index is 2.17. The van der Waals surface area contributed by atoms with E-state index in [1.165, 1.54) is 0 Å². The van der Waals surface area contributed by atoms with Crippen LogP contribution in [-0.2, 0) is 4.79 Å². The molecule has 13 heavy (non-hydrogen) atoms. The van der Waals surface area contributed by atoms with Gasteiger partial charge < -0.3 is 5.32 Å². The number of nitrogens with one attached hydrogen (secondary N) is 2. The average Bonchev–Trinajstić information content (AvgIpc) is 2.07. The van der Waals surface area contributed by atoms with Crippen molar-refractivity contribution in [3.05, 3.63) is 0 Å². The Labute approximate surface area is 90.0 Å². The predicted octanol–water partition coefficient (Wildman–Crippen LogP) is 0.798. The molecule has 0 bridgehead atoms. The summed E-state index contributed by atoms with van der Waals surface area (Å²) < 4.78 is 0.395. The molecule has 1 saturated heterocycles. The number of hydrogen-bond acceptors (Lipinski definition) is 2. The summed E-state index contributed by atoms with van der Waals surface area (Å²) in [5.41, 5.74) is 0. The highest BCUT2D eigenvalue weighted by molar-refractivity contribution is 14.1. The van der Waals surface area contributed by atoms with E-state index in [1.54, 1.807) is 0 Å². The highest BCUT2D eigenvalue weighted by atomic mass is 127. The molecule has 0 aromatic rings. The predicted molar refractivity (Wildman–Crippen MR) is 55.6 cm³/mol. The van der Waals surface area contributed by atoms with Crippen LogP contribution in [0.2, 0.25) is 0 Å². The van der Waals surface area contributed by atoms with Gasteiger partial charge in [-0.05, 0) is 12.8 Å². The minimum Gasteiger partial charge on any atom is -0.333 e. The number of hydrogen-bond donors (Lipinski definition) is 2. The number of carbonyl (C=O) groups is 2. The summed E-state index contributed by atoms with van der Waals surface area (Å²) in [5.74, 6) is -0.108. The van der Waals surface area contributed by atoms with Gasteiger partial charge in [0.1, 0.15) is 0 Å². The van der Waals surface area contributed by atoms with Crippen LogP contribution in [0.3, 0.4) is 0 Å². The Hall–Kier alpha value is -0.330. The first kappa shape index (κ1) is 9.23. The third-order valence-corrected chi connectivity index (χ3v) is 4.09. The minimum absolute atomic E-state index is 0.00616. The fraction of sp³-hybridized carbons (Fsp3) is 0.750. The van der Waals surface area contributed by atoms with Crippen molar-refractivity contribution >= 4 is 34.5 Å². The van der Waals surface area contributed by atoms with Crippen molar-refractivity contribution in [3.8, 4) is 0 Å². The van der Waals surface area contributed by atoms with E-state index >= 15 is 0 Å². The molecule has 0 aromatic carbocycles. The van der Waals surface area contributed by atoms with Crippen molar-refractivity contribution in [1.29, 1.82) is 0 Å². The summed E-state index contributed by atoms with van der Waals surface area (Å²) in [6, 6.07) is -0.287. The standard InChI is InChI=1S/C8H11IN2O2/c9-5-3-1-2-4-6(5)10-8(13)11-7(4)12/h4-6H,1-3H2,(H2,10,11,12,13). The second kappa shape index (κ2) is 3.43. The van der Waals surface area contributed by atoms with Crippen LogP contribution >= 0.6 is 22.6 Å². The van der Waals surface area contributed by atoms with Gasteiger partial charge in [0.2, 0.25) is 5.91 Å². The molecule has 1 heterocycles. The molecule has 2 rings (SSSR count). The third kappa shape index (κ3) is 1.66. The van der Waals surface area contributed by atoms with Crippen LogP contribution in [0.15, 0.2) is 0 Å². The molecule has 2 fully saturated rings. The largest absolute Gasteiger partial charge is 0.333 e. The Morgan fingerprint density at radius 1 is 1.31 bits per heavy atom. The molecule has 0 radical (unpaired) electrons. The molecule has 3 unspecified atom stereocenters. The number of urea groups is 1. The summed E-state index contributed by atoms with van der Waals surface area (Å²) >= 11 is 2.32. The number of fused-ring (bicyclic) bond motifs is 1. The molecule has 4 nitrogen and oxygen atoms in total. The zero-order valence-electron chi connectivity index (χ0n) is 7.05. The van der Waals surface area contributed by atoms with Gasteiger partial charge in [-0.1, -0.05) is 29.0 Å². The first-order valence-electron chi connectivity index (χ1n) is 4.44. The third-order valence-electron chi connectivity index (χ3n) is 2.69. The smallest absolute Gasteiger partial charge is 0.321 e. The molecule has 0 aromatic heterocycles. The Bertz CT molecular complexity index is 257. The number of imide groups is 1. The second-order valence-corrected chi connectivity index (χ2v) is 5.14. The fourth-order valence-electron chi connectivity index (χ4n) is 2.02. The van der Waals surface area contributed by atoms with Crippen molar-refractivity contribution in [1.82, 2.24) is 10.6 Å². The Morgan fingerprint density at radius 3 is 2.85 bits per heavy atom. The van der Waals surface area contributed by atoms with Crippen LogP contribution in [0.1, 0.15) is 19.3 Å². The second-order valence-electron chi connectivity index (χ2n) is 3.54. The molecule has 5 heteroatoms. The molecule has 1 saturated carbocycles. The zero-order valence-corrected chi connectivity index (χ0v) is 9.21. The number of amides is 3. The lowest BCUT2D eigenvalue weighted by molar-refractivity contribution is -0.126. The van der Waals surface area contributed by atoms with Crippen molar-refractivity contribution in [2.45, 2.75) is 29.2 Å². The van der Waals surface area contributed by atoms with Crippen LogP contribution in [0.5, 0.6) is 0 Å². The van der Waals surface area contributed by atoms with E-state index in [-0.39, 0.29) is 23.9 Å². The summed E-state index contributed by atoms with van der Waals surface area (Å²) in [4.78, 5) is 22.4. The topological polar surface area (TPSA) is 58.2 Å². The van der Waals surface area contributed by atoms with Gasteiger partial charge in [0.25, 0.3) is 0 Å². The maximum atomic E-state index is 11.4. The molecule has 1 aliphatic carbocycles. The maximum absolute atomic E-state index is 11.4. The quantitative estimate of drug-likeness (QED) is 0.513. The molecular formula is C8H11IN2O2. The molecular weight excluding hydrogens is 283 g/mol. The van der Waals surface area contributed by atoms with E-state index in [0.717, 1.165) is 19.3 Å². The average molecular weight is 294 g/mol. The van der Waals surface area contributed by atoms with Gasteiger partial charge in [-0.15, -0.1) is 0 Å². The van der Waals surface area contributed by atoms with Crippen molar-refractivity contribution in [2.75, 3.05) is 0 Å². The van der Waals surface area contributed by atoms with Gasteiger partial charge in [0, 0.05) is 3.92 Å². The highest BCUT2D eigenvalue weighted by Gasteiger charge is 2.41. The van der Waals surface area contributed by atoms with Crippen LogP contribution < -0.4 is 10.6 Å². The van der Waals surface area contributed by atoms with Crippen LogP contribution in [-0.4, -0.2) is 21.9 Å². The van der Waals surface area contributed by atoms with E-state index < -0.39 is 0 Å². The summed E-state index contributed by atoms with van der Waals surface area (Å²) in [7, 11) is 0. The number of alkyl halides is 1. The normalized spacial score (nSPS) is 39.0. The van der Waals surface area contributed by atoms with Gasteiger partial charge in [-0.3, -0.25) is 10.1 Å². The molecule has 1 aliphatic heterocycles. The van der Waals surface area contributed by atoms with Crippen LogP contribution in [0.4, 0.5) is 4.79 Å². The van der Waals surface area contributed by atoms with Gasteiger partial charge in [-0.25, -0.2) is 4.79 Å². The van der Waals surface area contributed by atoms with Gasteiger partial charge in [0.05, 0.1) is 12.0 Å². The van der Waals surface area contributed by atoms with Gasteiger partial charge >= 0.3 is 6.03 Å². The van der Waals surface area contributed by atoms with Crippen LogP contribution in [0.25, 0.3) is 0 Å². The zero-order chi connectivity index (χ0) is 9.42. The van der Waals surface area contributed by atoms with E-state index in [0.29, 0.717) is 3.92 Å². The highest BCUT2D eigenvalue weighted by Crippen LogP contribution is 2.31. The SMILES string of the molecule is O=C1NC(=O)C2CCCC(I)C2N1. The first-order chi connectivity index (χ1) is 6.18. The van der Waals surface area contributed by atoms with E-state index in [9.17, 15) is 9.59 Å². The molecule has 2 N–H and O–H groups in total. The van der Waals surface area contributed by atoms with E-state index in [4.69, 9.17) is 0 Å². The summed E-state index contributed by atoms with van der Waals surface area (Å²) in [5, 5.41) is 5.13. The molecule has 0 spiro atoms. The molecule has 3 atom stereocenters.